The summed E-state index contributed by atoms with van der Waals surface area (Å²) < 4.78 is 5.81. The lowest BCUT2D eigenvalue weighted by atomic mass is 10.1. The van der Waals surface area contributed by atoms with Crippen LogP contribution in [0.5, 0.6) is 0 Å². The Morgan fingerprint density at radius 3 is 2.46 bits per heavy atom. The van der Waals surface area contributed by atoms with E-state index >= 15 is 0 Å². The van der Waals surface area contributed by atoms with Crippen molar-refractivity contribution in [3.05, 3.63) is 82.8 Å². The summed E-state index contributed by atoms with van der Waals surface area (Å²) in [6, 6.07) is 20.5. The molecule has 2 heterocycles. The van der Waals surface area contributed by atoms with Crippen LogP contribution in [0.25, 0.3) is 32.7 Å². The number of benzene rings is 3. The van der Waals surface area contributed by atoms with Gasteiger partial charge in [-0.1, -0.05) is 36.4 Å². The largest absolute Gasteiger partial charge is 0.456 e. The number of carbonyl (C=O) groups excluding carboxylic acids is 1. The standard InChI is InChI=1S/C22H15N3O3/c26-21(12-18-14-5-1-2-7-16(14)22(27)25-24-18)23-13-9-10-20-17(11-13)15-6-3-4-8-19(15)28-20/h1-11H,12H2,(H,23,26)(H,25,27). The Labute approximate surface area is 158 Å². The molecule has 0 aliphatic rings. The smallest absolute Gasteiger partial charge is 0.272 e. The molecule has 0 saturated carbocycles. The van der Waals surface area contributed by atoms with Crippen LogP contribution < -0.4 is 10.9 Å². The molecule has 0 radical (unpaired) electrons. The lowest BCUT2D eigenvalue weighted by Gasteiger charge is -2.07. The minimum atomic E-state index is -0.267. The van der Waals surface area contributed by atoms with Crippen molar-refractivity contribution in [3.8, 4) is 0 Å². The highest BCUT2D eigenvalue weighted by Gasteiger charge is 2.12. The van der Waals surface area contributed by atoms with E-state index in [1.54, 1.807) is 24.3 Å². The van der Waals surface area contributed by atoms with E-state index < -0.39 is 0 Å². The van der Waals surface area contributed by atoms with E-state index in [0.717, 1.165) is 21.9 Å². The Bertz CT molecular complexity index is 1420. The third-order valence-corrected chi connectivity index (χ3v) is 4.76. The van der Waals surface area contributed by atoms with Crippen molar-refractivity contribution in [2.24, 2.45) is 0 Å². The van der Waals surface area contributed by atoms with Gasteiger partial charge in [-0.25, -0.2) is 5.10 Å². The second kappa shape index (κ2) is 6.35. The molecule has 136 valence electrons. The fraction of sp³-hybridized carbons (Fsp3) is 0.0455. The predicted molar refractivity (Wildman–Crippen MR) is 108 cm³/mol. The van der Waals surface area contributed by atoms with Gasteiger partial charge in [0.25, 0.3) is 5.56 Å². The Balaban J connectivity index is 1.45. The lowest BCUT2D eigenvalue weighted by molar-refractivity contribution is -0.115. The van der Waals surface area contributed by atoms with Gasteiger partial charge < -0.3 is 9.73 Å². The SMILES string of the molecule is O=C(Cc1n[nH]c(=O)c2ccccc12)Nc1ccc2oc3ccccc3c2c1. The van der Waals surface area contributed by atoms with E-state index in [2.05, 4.69) is 15.5 Å². The summed E-state index contributed by atoms with van der Waals surface area (Å²) in [5.74, 6) is -0.211. The highest BCUT2D eigenvalue weighted by atomic mass is 16.3. The molecule has 0 bridgehead atoms. The maximum absolute atomic E-state index is 12.6. The normalized spacial score (nSPS) is 11.3. The molecule has 6 heteroatoms. The van der Waals surface area contributed by atoms with Gasteiger partial charge in [0, 0.05) is 21.8 Å². The molecular weight excluding hydrogens is 354 g/mol. The number of nitrogens with zero attached hydrogens (tertiary/aromatic N) is 1. The van der Waals surface area contributed by atoms with E-state index in [1.165, 1.54) is 0 Å². The summed E-state index contributed by atoms with van der Waals surface area (Å²) in [4.78, 5) is 24.5. The zero-order valence-electron chi connectivity index (χ0n) is 14.7. The topological polar surface area (TPSA) is 88.0 Å². The molecule has 5 rings (SSSR count). The quantitative estimate of drug-likeness (QED) is 0.503. The van der Waals surface area contributed by atoms with Gasteiger partial charge in [0.05, 0.1) is 17.5 Å². The fourth-order valence-corrected chi connectivity index (χ4v) is 3.47. The number of fused-ring (bicyclic) bond motifs is 4. The number of anilines is 1. The first-order chi connectivity index (χ1) is 13.7. The van der Waals surface area contributed by atoms with Crippen LogP contribution in [0.15, 0.2) is 75.9 Å². The highest BCUT2D eigenvalue weighted by molar-refractivity contribution is 6.07. The number of aromatic amines is 1. The third-order valence-electron chi connectivity index (χ3n) is 4.76. The zero-order chi connectivity index (χ0) is 19.1. The van der Waals surface area contributed by atoms with E-state index in [9.17, 15) is 9.59 Å². The minimum Gasteiger partial charge on any atom is -0.456 e. The molecule has 0 saturated heterocycles. The van der Waals surface area contributed by atoms with Crippen LogP contribution >= 0.6 is 0 Å². The predicted octanol–water partition coefficient (Wildman–Crippen LogP) is 4.00. The van der Waals surface area contributed by atoms with Gasteiger partial charge in [-0.05, 0) is 30.3 Å². The fourth-order valence-electron chi connectivity index (χ4n) is 3.47. The van der Waals surface area contributed by atoms with E-state index in [4.69, 9.17) is 4.42 Å². The first kappa shape index (κ1) is 16.3. The molecule has 0 fully saturated rings. The van der Waals surface area contributed by atoms with Crippen molar-refractivity contribution >= 4 is 44.3 Å². The Morgan fingerprint density at radius 1 is 0.893 bits per heavy atom. The summed E-state index contributed by atoms with van der Waals surface area (Å²) in [5.41, 5.74) is 2.52. The van der Waals surface area contributed by atoms with Crippen molar-refractivity contribution in [3.63, 3.8) is 0 Å². The van der Waals surface area contributed by atoms with Crippen LogP contribution in [0.2, 0.25) is 0 Å². The van der Waals surface area contributed by atoms with E-state index in [1.807, 2.05) is 42.5 Å². The number of H-pyrrole nitrogens is 1. The molecule has 3 aromatic carbocycles. The maximum Gasteiger partial charge on any atom is 0.272 e. The molecule has 5 aromatic rings. The van der Waals surface area contributed by atoms with Crippen molar-refractivity contribution < 1.29 is 9.21 Å². The highest BCUT2D eigenvalue weighted by Crippen LogP contribution is 2.30. The first-order valence-electron chi connectivity index (χ1n) is 8.86. The number of hydrogen-bond donors (Lipinski definition) is 2. The van der Waals surface area contributed by atoms with Crippen LogP contribution in [0.1, 0.15) is 5.69 Å². The van der Waals surface area contributed by atoms with Gasteiger partial charge in [-0.2, -0.15) is 5.10 Å². The average molecular weight is 369 g/mol. The molecule has 1 amide bonds. The van der Waals surface area contributed by atoms with Crippen LogP contribution in [0.4, 0.5) is 5.69 Å². The van der Waals surface area contributed by atoms with Gasteiger partial charge in [0.1, 0.15) is 11.2 Å². The van der Waals surface area contributed by atoms with Crippen LogP contribution in [-0.2, 0) is 11.2 Å². The van der Waals surface area contributed by atoms with Crippen molar-refractivity contribution in [2.45, 2.75) is 6.42 Å². The Hall–Kier alpha value is -3.93. The summed E-state index contributed by atoms with van der Waals surface area (Å²) in [5, 5.41) is 12.6. The number of aromatic nitrogens is 2. The van der Waals surface area contributed by atoms with Gasteiger partial charge in [-0.15, -0.1) is 0 Å². The van der Waals surface area contributed by atoms with Crippen LogP contribution in [0, 0.1) is 0 Å². The third kappa shape index (κ3) is 2.72. The van der Waals surface area contributed by atoms with Crippen molar-refractivity contribution in [1.29, 1.82) is 0 Å². The Kier molecular flexibility index (Phi) is 3.69. The number of rotatable bonds is 3. The molecule has 0 atom stereocenters. The Morgan fingerprint density at radius 2 is 1.61 bits per heavy atom. The number of amides is 1. The first-order valence-corrected chi connectivity index (χ1v) is 8.86. The molecule has 2 aromatic heterocycles. The number of carbonyl (C=O) groups is 1. The lowest BCUT2D eigenvalue weighted by Crippen LogP contribution is -2.18. The van der Waals surface area contributed by atoms with Crippen LogP contribution in [-0.4, -0.2) is 16.1 Å². The second-order valence-electron chi connectivity index (χ2n) is 6.58. The maximum atomic E-state index is 12.6. The molecule has 0 unspecified atom stereocenters. The summed E-state index contributed by atoms with van der Waals surface area (Å²) in [7, 11) is 0. The number of nitrogens with one attached hydrogen (secondary N) is 2. The van der Waals surface area contributed by atoms with Gasteiger partial charge in [0.2, 0.25) is 5.91 Å². The van der Waals surface area contributed by atoms with Gasteiger partial charge in [-0.3, -0.25) is 9.59 Å². The molecule has 0 aliphatic carbocycles. The average Bonchev–Trinajstić information content (AvgIpc) is 3.08. The monoisotopic (exact) mass is 369 g/mol. The van der Waals surface area contributed by atoms with E-state index in [-0.39, 0.29) is 17.9 Å². The molecular formula is C22H15N3O3. The molecule has 0 aliphatic heterocycles. The second-order valence-corrected chi connectivity index (χ2v) is 6.58. The summed E-state index contributed by atoms with van der Waals surface area (Å²) in [6.07, 6.45) is 0.0570. The van der Waals surface area contributed by atoms with E-state index in [0.29, 0.717) is 22.2 Å². The number of para-hydroxylation sites is 1. The molecule has 2 N–H and O–H groups in total. The molecule has 0 spiro atoms. The van der Waals surface area contributed by atoms with Crippen molar-refractivity contribution in [1.82, 2.24) is 10.2 Å². The van der Waals surface area contributed by atoms with Gasteiger partial charge in [0.15, 0.2) is 0 Å². The van der Waals surface area contributed by atoms with Gasteiger partial charge >= 0.3 is 0 Å². The number of hydrogen-bond acceptors (Lipinski definition) is 4. The minimum absolute atomic E-state index is 0.0570. The summed E-state index contributed by atoms with van der Waals surface area (Å²) in [6.45, 7) is 0. The number of furan rings is 1. The molecule has 28 heavy (non-hydrogen) atoms. The summed E-state index contributed by atoms with van der Waals surface area (Å²) >= 11 is 0. The van der Waals surface area contributed by atoms with Crippen molar-refractivity contribution in [2.75, 3.05) is 5.32 Å². The van der Waals surface area contributed by atoms with Crippen LogP contribution in [0.3, 0.4) is 0 Å². The zero-order valence-corrected chi connectivity index (χ0v) is 14.7. The molecule has 6 nitrogen and oxygen atoms in total.